The van der Waals surface area contributed by atoms with Gasteiger partial charge in [-0.1, -0.05) is 6.92 Å². The lowest BCUT2D eigenvalue weighted by Crippen LogP contribution is -2.29. The zero-order valence-electron chi connectivity index (χ0n) is 12.9. The Morgan fingerprint density at radius 2 is 2.00 bits per heavy atom. The number of aryl methyl sites for hydroxylation is 1. The second-order valence-corrected chi connectivity index (χ2v) is 7.35. The van der Waals surface area contributed by atoms with Crippen LogP contribution < -0.4 is 5.32 Å². The minimum Gasteiger partial charge on any atom is -0.481 e. The van der Waals surface area contributed by atoms with E-state index < -0.39 is 21.9 Å². The molecule has 0 aliphatic heterocycles. The average molecular weight is 332 g/mol. The molecule has 1 unspecified atom stereocenters. The molecule has 1 atom stereocenters. The molecule has 0 aliphatic rings. The highest BCUT2D eigenvalue weighted by molar-refractivity contribution is 7.89. The molecule has 22 heavy (non-hydrogen) atoms. The van der Waals surface area contributed by atoms with Crippen LogP contribution >= 0.6 is 0 Å². The minimum absolute atomic E-state index is 0.0683. The SMILES string of the molecule is Cc1oc(C(=O)NCC(C)CC(=O)O)cc1S(=O)(=O)N(C)C. The Bertz CT molecular complexity index is 662. The summed E-state index contributed by atoms with van der Waals surface area (Å²) < 4.78 is 30.3. The number of hydrogen-bond donors (Lipinski definition) is 2. The van der Waals surface area contributed by atoms with Gasteiger partial charge in [0, 0.05) is 33.1 Å². The van der Waals surface area contributed by atoms with Crippen molar-refractivity contribution in [1.29, 1.82) is 0 Å². The van der Waals surface area contributed by atoms with Crippen molar-refractivity contribution in [3.8, 4) is 0 Å². The number of sulfonamides is 1. The number of nitrogens with zero attached hydrogens (tertiary/aromatic N) is 1. The topological polar surface area (TPSA) is 117 Å². The Morgan fingerprint density at radius 1 is 1.41 bits per heavy atom. The largest absolute Gasteiger partial charge is 0.481 e. The van der Waals surface area contributed by atoms with Gasteiger partial charge in [-0.2, -0.15) is 0 Å². The number of carboxylic acids is 1. The van der Waals surface area contributed by atoms with Gasteiger partial charge in [-0.25, -0.2) is 12.7 Å². The van der Waals surface area contributed by atoms with E-state index in [1.807, 2.05) is 0 Å². The van der Waals surface area contributed by atoms with Gasteiger partial charge < -0.3 is 14.8 Å². The van der Waals surface area contributed by atoms with Crippen LogP contribution in [0.1, 0.15) is 29.7 Å². The molecule has 1 rings (SSSR count). The van der Waals surface area contributed by atoms with E-state index in [0.29, 0.717) is 0 Å². The predicted octanol–water partition coefficient (Wildman–Crippen LogP) is 0.679. The Kier molecular flexibility index (Phi) is 5.72. The molecule has 0 radical (unpaired) electrons. The summed E-state index contributed by atoms with van der Waals surface area (Å²) in [5.74, 6) is -1.78. The van der Waals surface area contributed by atoms with E-state index in [4.69, 9.17) is 9.52 Å². The predicted molar refractivity (Wildman–Crippen MR) is 78.1 cm³/mol. The summed E-state index contributed by atoms with van der Waals surface area (Å²) in [6.45, 7) is 3.30. The fourth-order valence-electron chi connectivity index (χ4n) is 1.75. The Hall–Kier alpha value is -1.87. The Labute approximate surface area is 129 Å². The molecule has 0 fully saturated rings. The number of aliphatic carboxylic acids is 1. The van der Waals surface area contributed by atoms with Crippen LogP contribution in [0.25, 0.3) is 0 Å². The molecular weight excluding hydrogens is 312 g/mol. The van der Waals surface area contributed by atoms with Crippen LogP contribution in [0.3, 0.4) is 0 Å². The second kappa shape index (κ2) is 6.93. The molecule has 1 aromatic rings. The first-order chi connectivity index (χ1) is 10.1. The van der Waals surface area contributed by atoms with Gasteiger partial charge in [-0.15, -0.1) is 0 Å². The second-order valence-electron chi connectivity index (χ2n) is 5.23. The van der Waals surface area contributed by atoms with Crippen LogP contribution in [0, 0.1) is 12.8 Å². The fraction of sp³-hybridized carbons (Fsp3) is 0.538. The highest BCUT2D eigenvalue weighted by atomic mass is 32.2. The fourth-order valence-corrected chi connectivity index (χ4v) is 2.81. The van der Waals surface area contributed by atoms with Gasteiger partial charge in [0.05, 0.1) is 0 Å². The van der Waals surface area contributed by atoms with Crippen LogP contribution in [-0.2, 0) is 14.8 Å². The van der Waals surface area contributed by atoms with Crippen molar-refractivity contribution in [1.82, 2.24) is 9.62 Å². The first-order valence-corrected chi connectivity index (χ1v) is 8.02. The summed E-state index contributed by atoms with van der Waals surface area (Å²) in [4.78, 5) is 22.4. The van der Waals surface area contributed by atoms with Gasteiger partial charge in [-0.3, -0.25) is 9.59 Å². The van der Waals surface area contributed by atoms with Gasteiger partial charge in [0.25, 0.3) is 5.91 Å². The van der Waals surface area contributed by atoms with E-state index in [0.717, 1.165) is 4.31 Å². The van der Waals surface area contributed by atoms with Crippen molar-refractivity contribution >= 4 is 21.9 Å². The van der Waals surface area contributed by atoms with Crippen molar-refractivity contribution in [3.05, 3.63) is 17.6 Å². The monoisotopic (exact) mass is 332 g/mol. The van der Waals surface area contributed by atoms with Crippen molar-refractivity contribution in [2.45, 2.75) is 25.2 Å². The van der Waals surface area contributed by atoms with Crippen molar-refractivity contribution < 1.29 is 27.5 Å². The number of carbonyl (C=O) groups excluding carboxylic acids is 1. The zero-order valence-corrected chi connectivity index (χ0v) is 13.7. The molecule has 1 amide bonds. The molecule has 124 valence electrons. The summed E-state index contributed by atoms with van der Waals surface area (Å²) in [5, 5.41) is 11.2. The molecule has 0 spiro atoms. The van der Waals surface area contributed by atoms with Crippen LogP contribution in [0.4, 0.5) is 0 Å². The first kappa shape index (κ1) is 18.2. The molecule has 0 saturated carbocycles. The quantitative estimate of drug-likeness (QED) is 0.758. The first-order valence-electron chi connectivity index (χ1n) is 6.58. The van der Waals surface area contributed by atoms with Crippen molar-refractivity contribution in [3.63, 3.8) is 0 Å². The molecule has 1 heterocycles. The number of hydrogen-bond acceptors (Lipinski definition) is 5. The lowest BCUT2D eigenvalue weighted by molar-refractivity contribution is -0.137. The minimum atomic E-state index is -3.69. The molecule has 2 N–H and O–H groups in total. The summed E-state index contributed by atoms with van der Waals surface area (Å²) in [5.41, 5.74) is 0. The molecular formula is C13H20N2O6S. The van der Waals surface area contributed by atoms with Crippen LogP contribution in [0.2, 0.25) is 0 Å². The van der Waals surface area contributed by atoms with E-state index >= 15 is 0 Å². The molecule has 9 heteroatoms. The zero-order chi connectivity index (χ0) is 17.1. The summed E-state index contributed by atoms with van der Waals surface area (Å²) in [7, 11) is -0.918. The molecule has 8 nitrogen and oxygen atoms in total. The number of rotatable bonds is 7. The molecule has 0 saturated heterocycles. The molecule has 0 bridgehead atoms. The third kappa shape index (κ3) is 4.31. The highest BCUT2D eigenvalue weighted by Gasteiger charge is 2.26. The Morgan fingerprint density at radius 3 is 2.50 bits per heavy atom. The standard InChI is InChI=1S/C13H20N2O6S/c1-8(5-12(16)17)7-14-13(18)10-6-11(9(2)21-10)22(19,20)15(3)4/h6,8H,5,7H2,1-4H3,(H,14,18)(H,16,17). The van der Waals surface area contributed by atoms with Gasteiger partial charge >= 0.3 is 5.97 Å². The number of nitrogens with one attached hydrogen (secondary N) is 1. The number of amides is 1. The molecule has 0 aromatic carbocycles. The van der Waals surface area contributed by atoms with Crippen LogP contribution in [0.15, 0.2) is 15.4 Å². The van der Waals surface area contributed by atoms with E-state index in [9.17, 15) is 18.0 Å². The maximum absolute atomic E-state index is 12.0. The van der Waals surface area contributed by atoms with E-state index in [1.54, 1.807) is 6.92 Å². The smallest absolute Gasteiger partial charge is 0.303 e. The van der Waals surface area contributed by atoms with Gasteiger partial charge in [-0.05, 0) is 12.8 Å². The number of carboxylic acid groups (broad SMARTS) is 1. The van der Waals surface area contributed by atoms with Crippen LogP contribution in [0.5, 0.6) is 0 Å². The maximum atomic E-state index is 12.0. The van der Waals surface area contributed by atoms with Gasteiger partial charge in [0.15, 0.2) is 5.76 Å². The van der Waals surface area contributed by atoms with Crippen LogP contribution in [-0.4, -0.2) is 50.3 Å². The third-order valence-corrected chi connectivity index (χ3v) is 4.91. The summed E-state index contributed by atoms with van der Waals surface area (Å²) in [6.07, 6.45) is -0.0717. The summed E-state index contributed by atoms with van der Waals surface area (Å²) in [6, 6.07) is 1.17. The van der Waals surface area contributed by atoms with E-state index in [-0.39, 0.29) is 35.3 Å². The molecule has 1 aromatic heterocycles. The van der Waals surface area contributed by atoms with Gasteiger partial charge in [0.1, 0.15) is 10.7 Å². The third-order valence-electron chi connectivity index (χ3n) is 2.99. The molecule has 0 aliphatic carbocycles. The average Bonchev–Trinajstić information content (AvgIpc) is 2.77. The Balaban J connectivity index is 2.83. The highest BCUT2D eigenvalue weighted by Crippen LogP contribution is 2.22. The normalized spacial score (nSPS) is 13.1. The van der Waals surface area contributed by atoms with Gasteiger partial charge in [0.2, 0.25) is 10.0 Å². The maximum Gasteiger partial charge on any atom is 0.303 e. The lowest BCUT2D eigenvalue weighted by atomic mass is 10.1. The number of carbonyl (C=O) groups is 2. The van der Waals surface area contributed by atoms with E-state index in [2.05, 4.69) is 5.32 Å². The summed E-state index contributed by atoms with van der Waals surface area (Å²) >= 11 is 0. The van der Waals surface area contributed by atoms with Crippen molar-refractivity contribution in [2.24, 2.45) is 5.92 Å². The van der Waals surface area contributed by atoms with E-state index in [1.165, 1.54) is 27.1 Å². The van der Waals surface area contributed by atoms with Crippen molar-refractivity contribution in [2.75, 3.05) is 20.6 Å². The number of furan rings is 1. The lowest BCUT2D eigenvalue weighted by Gasteiger charge is -2.09.